The van der Waals surface area contributed by atoms with E-state index in [9.17, 15) is 4.79 Å². The molecular formula is C19H19N3O3. The summed E-state index contributed by atoms with van der Waals surface area (Å²) >= 11 is 0. The van der Waals surface area contributed by atoms with E-state index in [4.69, 9.17) is 9.15 Å². The number of ether oxygens (including phenoxy) is 1. The van der Waals surface area contributed by atoms with Gasteiger partial charge in [-0.25, -0.2) is 0 Å². The van der Waals surface area contributed by atoms with E-state index in [2.05, 4.69) is 28.7 Å². The van der Waals surface area contributed by atoms with Crippen LogP contribution in [0.1, 0.15) is 33.5 Å². The van der Waals surface area contributed by atoms with Crippen LogP contribution in [0.5, 0.6) is 0 Å². The zero-order valence-electron chi connectivity index (χ0n) is 13.7. The molecule has 1 aromatic carbocycles. The van der Waals surface area contributed by atoms with E-state index in [1.54, 1.807) is 12.1 Å². The Balaban J connectivity index is 1.45. The minimum atomic E-state index is -0.246. The van der Waals surface area contributed by atoms with Crippen LogP contribution >= 0.6 is 0 Å². The van der Waals surface area contributed by atoms with Gasteiger partial charge in [-0.1, -0.05) is 30.3 Å². The highest BCUT2D eigenvalue weighted by molar-refractivity contribution is 5.91. The summed E-state index contributed by atoms with van der Waals surface area (Å²) in [6.07, 6.45) is 4.16. The maximum Gasteiger partial charge on any atom is 0.287 e. The highest BCUT2D eigenvalue weighted by atomic mass is 16.5. The summed E-state index contributed by atoms with van der Waals surface area (Å²) in [5, 5.41) is 7.53. The summed E-state index contributed by atoms with van der Waals surface area (Å²) in [5.41, 5.74) is 3.28. The molecule has 6 heteroatoms. The zero-order chi connectivity index (χ0) is 17.1. The maximum atomic E-state index is 12.0. The van der Waals surface area contributed by atoms with E-state index in [1.165, 1.54) is 17.4 Å². The number of aromatic nitrogens is 2. The molecule has 1 aliphatic heterocycles. The van der Waals surface area contributed by atoms with Crippen LogP contribution in [-0.2, 0) is 17.7 Å². The smallest absolute Gasteiger partial charge is 0.287 e. The number of nitrogens with zero attached hydrogens (tertiary/aromatic N) is 2. The summed E-state index contributed by atoms with van der Waals surface area (Å²) in [4.78, 5) is 12.0. The van der Waals surface area contributed by atoms with Crippen molar-refractivity contribution in [2.75, 3.05) is 13.2 Å². The summed E-state index contributed by atoms with van der Waals surface area (Å²) in [6, 6.07) is 13.5. The average molecular weight is 337 g/mol. The molecule has 25 heavy (non-hydrogen) atoms. The summed E-state index contributed by atoms with van der Waals surface area (Å²) < 4.78 is 12.9. The Morgan fingerprint density at radius 1 is 1.24 bits per heavy atom. The van der Waals surface area contributed by atoms with Crippen LogP contribution in [0.3, 0.4) is 0 Å². The van der Waals surface area contributed by atoms with Crippen LogP contribution in [0, 0.1) is 0 Å². The van der Waals surface area contributed by atoms with Gasteiger partial charge < -0.3 is 14.5 Å². The molecule has 1 atom stereocenters. The topological polar surface area (TPSA) is 69.3 Å². The molecule has 0 saturated carbocycles. The number of furan rings is 1. The molecule has 1 aliphatic rings. The van der Waals surface area contributed by atoms with Crippen LogP contribution in [0.4, 0.5) is 0 Å². The lowest BCUT2D eigenvalue weighted by Crippen LogP contribution is -2.31. The molecule has 0 fully saturated rings. The van der Waals surface area contributed by atoms with Crippen molar-refractivity contribution < 1.29 is 13.9 Å². The molecule has 1 N–H and O–H groups in total. The number of nitrogens with one attached hydrogen (secondary N) is 1. The standard InChI is InChI=1S/C19H19N3O3/c23-19(16-7-4-9-24-16)20-11-17-18-15(8-10-25-17)13-22(21-18)12-14-5-2-1-3-6-14/h1-7,9,13,17H,8,10-12H2,(H,20,23)/t17-/m1/s1. The largest absolute Gasteiger partial charge is 0.459 e. The Kier molecular flexibility index (Phi) is 4.35. The second kappa shape index (κ2) is 6.94. The quantitative estimate of drug-likeness (QED) is 0.777. The fourth-order valence-corrected chi connectivity index (χ4v) is 3.02. The Morgan fingerprint density at radius 3 is 2.92 bits per heavy atom. The van der Waals surface area contributed by atoms with Crippen molar-refractivity contribution in [1.29, 1.82) is 0 Å². The number of amides is 1. The van der Waals surface area contributed by atoms with Gasteiger partial charge in [-0.3, -0.25) is 9.48 Å². The number of carbonyl (C=O) groups excluding carboxylic acids is 1. The molecule has 4 rings (SSSR count). The molecule has 0 spiro atoms. The molecule has 3 heterocycles. The fourth-order valence-electron chi connectivity index (χ4n) is 3.02. The fraction of sp³-hybridized carbons (Fsp3) is 0.263. The number of fused-ring (bicyclic) bond motifs is 1. The van der Waals surface area contributed by atoms with E-state index in [0.717, 1.165) is 18.7 Å². The van der Waals surface area contributed by atoms with Crippen LogP contribution < -0.4 is 5.32 Å². The number of benzene rings is 1. The molecule has 2 aromatic heterocycles. The zero-order valence-corrected chi connectivity index (χ0v) is 13.7. The van der Waals surface area contributed by atoms with Crippen molar-refractivity contribution in [2.45, 2.75) is 19.1 Å². The van der Waals surface area contributed by atoms with Crippen molar-refractivity contribution in [3.63, 3.8) is 0 Å². The molecule has 0 saturated heterocycles. The second-order valence-electron chi connectivity index (χ2n) is 6.02. The Morgan fingerprint density at radius 2 is 2.12 bits per heavy atom. The monoisotopic (exact) mass is 337 g/mol. The van der Waals surface area contributed by atoms with Crippen LogP contribution in [-0.4, -0.2) is 28.8 Å². The molecule has 6 nitrogen and oxygen atoms in total. The van der Waals surface area contributed by atoms with Crippen LogP contribution in [0.25, 0.3) is 0 Å². The number of carbonyl (C=O) groups is 1. The van der Waals surface area contributed by atoms with Crippen molar-refractivity contribution in [3.05, 3.63) is 77.5 Å². The third-order valence-corrected chi connectivity index (χ3v) is 4.25. The minimum Gasteiger partial charge on any atom is -0.459 e. The molecule has 0 aliphatic carbocycles. The molecular weight excluding hydrogens is 318 g/mol. The van der Waals surface area contributed by atoms with Gasteiger partial charge in [0.2, 0.25) is 0 Å². The highest BCUT2D eigenvalue weighted by Crippen LogP contribution is 2.25. The van der Waals surface area contributed by atoms with Crippen molar-refractivity contribution >= 4 is 5.91 Å². The Hall–Kier alpha value is -2.86. The lowest BCUT2D eigenvalue weighted by atomic mass is 10.1. The first-order chi connectivity index (χ1) is 12.3. The predicted molar refractivity (Wildman–Crippen MR) is 91.2 cm³/mol. The van der Waals surface area contributed by atoms with E-state index in [1.807, 2.05) is 22.9 Å². The average Bonchev–Trinajstić information content (AvgIpc) is 3.30. The van der Waals surface area contributed by atoms with Crippen molar-refractivity contribution in [2.24, 2.45) is 0 Å². The summed E-state index contributed by atoms with van der Waals surface area (Å²) in [5.74, 6) is 0.0510. The third-order valence-electron chi connectivity index (χ3n) is 4.25. The number of rotatable bonds is 5. The maximum absolute atomic E-state index is 12.0. The van der Waals surface area contributed by atoms with Crippen molar-refractivity contribution in [1.82, 2.24) is 15.1 Å². The van der Waals surface area contributed by atoms with E-state index >= 15 is 0 Å². The van der Waals surface area contributed by atoms with E-state index in [-0.39, 0.29) is 12.0 Å². The SMILES string of the molecule is O=C(NC[C@H]1OCCc2cn(Cc3ccccc3)nc21)c1ccco1. The molecule has 0 unspecified atom stereocenters. The highest BCUT2D eigenvalue weighted by Gasteiger charge is 2.25. The van der Waals surface area contributed by atoms with Crippen LogP contribution in [0.2, 0.25) is 0 Å². The molecule has 3 aromatic rings. The van der Waals surface area contributed by atoms with Gasteiger partial charge in [-0.05, 0) is 29.7 Å². The van der Waals surface area contributed by atoms with E-state index in [0.29, 0.717) is 18.9 Å². The number of hydrogen-bond donors (Lipinski definition) is 1. The first kappa shape index (κ1) is 15.7. The lowest BCUT2D eigenvalue weighted by molar-refractivity contribution is 0.0380. The number of hydrogen-bond acceptors (Lipinski definition) is 4. The predicted octanol–water partition coefficient (Wildman–Crippen LogP) is 2.57. The van der Waals surface area contributed by atoms with Crippen molar-refractivity contribution in [3.8, 4) is 0 Å². The molecule has 1 amide bonds. The normalized spacial score (nSPS) is 16.4. The lowest BCUT2D eigenvalue weighted by Gasteiger charge is -2.22. The van der Waals surface area contributed by atoms with Crippen LogP contribution in [0.15, 0.2) is 59.3 Å². The first-order valence-electron chi connectivity index (χ1n) is 8.33. The minimum absolute atomic E-state index is 0.236. The summed E-state index contributed by atoms with van der Waals surface area (Å²) in [6.45, 7) is 1.72. The van der Waals surface area contributed by atoms with Gasteiger partial charge in [-0.15, -0.1) is 0 Å². The molecule has 0 radical (unpaired) electrons. The van der Waals surface area contributed by atoms with Gasteiger partial charge in [0.15, 0.2) is 5.76 Å². The Labute approximate surface area is 145 Å². The molecule has 128 valence electrons. The molecule has 0 bridgehead atoms. The Bertz CT molecular complexity index is 840. The van der Waals surface area contributed by atoms with Gasteiger partial charge in [0.25, 0.3) is 5.91 Å². The van der Waals surface area contributed by atoms with E-state index < -0.39 is 0 Å². The van der Waals surface area contributed by atoms with Gasteiger partial charge in [0.1, 0.15) is 6.10 Å². The van der Waals surface area contributed by atoms with Gasteiger partial charge >= 0.3 is 0 Å². The second-order valence-corrected chi connectivity index (χ2v) is 6.02. The summed E-state index contributed by atoms with van der Waals surface area (Å²) in [7, 11) is 0. The van der Waals surface area contributed by atoms with Gasteiger partial charge in [-0.2, -0.15) is 5.10 Å². The third kappa shape index (κ3) is 3.49. The first-order valence-corrected chi connectivity index (χ1v) is 8.33. The van der Waals surface area contributed by atoms with Gasteiger partial charge in [0, 0.05) is 12.7 Å². The van der Waals surface area contributed by atoms with Gasteiger partial charge in [0.05, 0.1) is 25.1 Å².